The number of piperazine rings is 1. The number of anilines is 1. The van der Waals surface area contributed by atoms with E-state index in [0.717, 1.165) is 18.7 Å². The molecule has 0 saturated carbocycles. The summed E-state index contributed by atoms with van der Waals surface area (Å²) < 4.78 is 13.1. The monoisotopic (exact) mass is 419 g/mol. The number of phenols is 1. The number of halogens is 1. The molecule has 0 atom stereocenters. The number of carbonyl (C=O) groups excluding carboxylic acids is 2. The van der Waals surface area contributed by atoms with Crippen LogP contribution < -0.4 is 10.6 Å². The molecular formula is C24H22FN3O3. The quantitative estimate of drug-likeness (QED) is 0.605. The van der Waals surface area contributed by atoms with Gasteiger partial charge in [-0.25, -0.2) is 4.39 Å². The molecular weight excluding hydrogens is 397 g/mol. The molecule has 0 bridgehead atoms. The Morgan fingerprint density at radius 1 is 0.871 bits per heavy atom. The van der Waals surface area contributed by atoms with Crippen LogP contribution in [0.1, 0.15) is 20.7 Å². The van der Waals surface area contributed by atoms with Crippen LogP contribution >= 0.6 is 0 Å². The van der Waals surface area contributed by atoms with E-state index in [1.165, 1.54) is 30.3 Å². The normalized spacial score (nSPS) is 13.6. The lowest BCUT2D eigenvalue weighted by Crippen LogP contribution is -2.46. The van der Waals surface area contributed by atoms with Gasteiger partial charge in [0.25, 0.3) is 11.8 Å². The van der Waals surface area contributed by atoms with Gasteiger partial charge < -0.3 is 20.6 Å². The van der Waals surface area contributed by atoms with Crippen LogP contribution in [0.15, 0.2) is 66.7 Å². The number of amides is 2. The molecule has 158 valence electrons. The lowest BCUT2D eigenvalue weighted by molar-refractivity contribution is 0.0735. The second-order valence-corrected chi connectivity index (χ2v) is 7.35. The van der Waals surface area contributed by atoms with E-state index in [1.54, 1.807) is 36.4 Å². The van der Waals surface area contributed by atoms with Crippen LogP contribution in [0.5, 0.6) is 5.75 Å². The van der Waals surface area contributed by atoms with Crippen molar-refractivity contribution in [3.05, 3.63) is 83.7 Å². The maximum Gasteiger partial charge on any atom is 0.255 e. The fourth-order valence-corrected chi connectivity index (χ4v) is 3.50. The lowest BCUT2D eigenvalue weighted by atomic mass is 10.0. The summed E-state index contributed by atoms with van der Waals surface area (Å²) in [6, 6.07) is 17.1. The topological polar surface area (TPSA) is 81.7 Å². The largest absolute Gasteiger partial charge is 0.508 e. The van der Waals surface area contributed by atoms with Crippen molar-refractivity contribution in [3.8, 4) is 16.9 Å². The van der Waals surface area contributed by atoms with Crippen LogP contribution in [0.4, 0.5) is 10.1 Å². The van der Waals surface area contributed by atoms with E-state index >= 15 is 0 Å². The van der Waals surface area contributed by atoms with Crippen molar-refractivity contribution in [2.75, 3.05) is 31.5 Å². The third kappa shape index (κ3) is 4.90. The Morgan fingerprint density at radius 2 is 1.55 bits per heavy atom. The Kier molecular flexibility index (Phi) is 5.95. The summed E-state index contributed by atoms with van der Waals surface area (Å²) in [5.74, 6) is -0.878. The summed E-state index contributed by atoms with van der Waals surface area (Å²) in [6.07, 6.45) is 0. The molecule has 0 aliphatic carbocycles. The molecule has 3 aromatic rings. The first-order chi connectivity index (χ1) is 15.0. The zero-order valence-electron chi connectivity index (χ0n) is 16.8. The summed E-state index contributed by atoms with van der Waals surface area (Å²) >= 11 is 0. The number of hydrogen-bond acceptors (Lipinski definition) is 4. The number of nitrogens with one attached hydrogen (secondary N) is 2. The molecule has 1 aliphatic rings. The highest BCUT2D eigenvalue weighted by molar-refractivity contribution is 6.05. The van der Waals surface area contributed by atoms with Crippen LogP contribution in [0.25, 0.3) is 11.1 Å². The molecule has 7 heteroatoms. The summed E-state index contributed by atoms with van der Waals surface area (Å²) in [7, 11) is 0. The summed E-state index contributed by atoms with van der Waals surface area (Å²) in [5, 5.41) is 16.0. The summed E-state index contributed by atoms with van der Waals surface area (Å²) in [6.45, 7) is 2.94. The third-order valence-corrected chi connectivity index (χ3v) is 5.15. The van der Waals surface area contributed by atoms with Gasteiger partial charge in [0.15, 0.2) is 0 Å². The Morgan fingerprint density at radius 3 is 2.23 bits per heavy atom. The molecule has 6 nitrogen and oxygen atoms in total. The predicted molar refractivity (Wildman–Crippen MR) is 117 cm³/mol. The molecule has 2 amide bonds. The van der Waals surface area contributed by atoms with Gasteiger partial charge in [0.1, 0.15) is 11.6 Å². The van der Waals surface area contributed by atoms with Crippen molar-refractivity contribution in [2.45, 2.75) is 0 Å². The van der Waals surface area contributed by atoms with E-state index in [9.17, 15) is 19.1 Å². The molecule has 0 spiro atoms. The molecule has 3 N–H and O–H groups in total. The second-order valence-electron chi connectivity index (χ2n) is 7.35. The highest BCUT2D eigenvalue weighted by Gasteiger charge is 2.18. The van der Waals surface area contributed by atoms with Crippen molar-refractivity contribution in [1.82, 2.24) is 10.2 Å². The molecule has 1 heterocycles. The first-order valence-electron chi connectivity index (χ1n) is 10.0. The van der Waals surface area contributed by atoms with Crippen molar-refractivity contribution >= 4 is 17.5 Å². The number of rotatable bonds is 4. The van der Waals surface area contributed by atoms with Gasteiger partial charge in [-0.1, -0.05) is 12.1 Å². The number of nitrogens with zero attached hydrogens (tertiary/aromatic N) is 1. The van der Waals surface area contributed by atoms with Crippen molar-refractivity contribution in [1.29, 1.82) is 0 Å². The highest BCUT2D eigenvalue weighted by Crippen LogP contribution is 2.27. The minimum absolute atomic E-state index is 0.0108. The zero-order valence-corrected chi connectivity index (χ0v) is 16.8. The molecule has 1 aliphatic heterocycles. The molecule has 0 unspecified atom stereocenters. The van der Waals surface area contributed by atoms with Crippen molar-refractivity contribution < 1.29 is 19.1 Å². The maximum absolute atomic E-state index is 13.1. The van der Waals surface area contributed by atoms with Crippen LogP contribution in [-0.4, -0.2) is 48.0 Å². The molecule has 1 fully saturated rings. The Bertz CT molecular complexity index is 1090. The van der Waals surface area contributed by atoms with Gasteiger partial charge in [-0.15, -0.1) is 0 Å². The fraction of sp³-hybridized carbons (Fsp3) is 0.167. The number of aromatic hydroxyl groups is 1. The average Bonchev–Trinajstić information content (AvgIpc) is 2.80. The molecule has 0 aromatic heterocycles. The summed E-state index contributed by atoms with van der Waals surface area (Å²) in [5.41, 5.74) is 2.72. The van der Waals surface area contributed by atoms with Gasteiger partial charge >= 0.3 is 0 Å². The van der Waals surface area contributed by atoms with Crippen LogP contribution in [0, 0.1) is 5.82 Å². The van der Waals surface area contributed by atoms with Gasteiger partial charge in [0, 0.05) is 43.0 Å². The van der Waals surface area contributed by atoms with E-state index in [2.05, 4.69) is 10.6 Å². The molecule has 1 saturated heterocycles. The minimum atomic E-state index is -0.422. The predicted octanol–water partition coefficient (Wildman–Crippen LogP) is 3.50. The molecule has 4 rings (SSSR count). The highest BCUT2D eigenvalue weighted by atomic mass is 19.1. The Balaban J connectivity index is 1.52. The second kappa shape index (κ2) is 8.97. The number of hydrogen-bond donors (Lipinski definition) is 3. The standard InChI is InChI=1S/C24H22FN3O3/c25-20-5-7-21(8-6-20)27-23(30)19-13-18(14-22(29)15-19)16-1-3-17(4-2-16)24(31)28-11-9-26-10-12-28/h1-8,13-15,26,29H,9-12H2,(H,27,30). The Labute approximate surface area is 179 Å². The van der Waals surface area contributed by atoms with E-state index in [0.29, 0.717) is 29.9 Å². The zero-order chi connectivity index (χ0) is 21.8. The third-order valence-electron chi connectivity index (χ3n) is 5.15. The first kappa shape index (κ1) is 20.6. The minimum Gasteiger partial charge on any atom is -0.508 e. The van der Waals surface area contributed by atoms with Crippen LogP contribution in [-0.2, 0) is 0 Å². The van der Waals surface area contributed by atoms with Crippen LogP contribution in [0.2, 0.25) is 0 Å². The van der Waals surface area contributed by atoms with Crippen molar-refractivity contribution in [2.24, 2.45) is 0 Å². The van der Waals surface area contributed by atoms with Gasteiger partial charge in [0.2, 0.25) is 0 Å². The number of benzene rings is 3. The fourth-order valence-electron chi connectivity index (χ4n) is 3.50. The van der Waals surface area contributed by atoms with Crippen LogP contribution in [0.3, 0.4) is 0 Å². The SMILES string of the molecule is O=C(Nc1ccc(F)cc1)c1cc(O)cc(-c2ccc(C(=O)N3CCNCC3)cc2)c1. The van der Waals surface area contributed by atoms with E-state index in [1.807, 2.05) is 4.90 Å². The van der Waals surface area contributed by atoms with E-state index in [-0.39, 0.29) is 17.2 Å². The van der Waals surface area contributed by atoms with E-state index in [4.69, 9.17) is 0 Å². The Hall–Kier alpha value is -3.71. The number of phenolic OH excluding ortho intramolecular Hbond substituents is 1. The van der Waals surface area contributed by atoms with Gasteiger partial charge in [0.05, 0.1) is 0 Å². The van der Waals surface area contributed by atoms with E-state index < -0.39 is 11.7 Å². The van der Waals surface area contributed by atoms with Gasteiger partial charge in [-0.05, 0) is 65.7 Å². The number of carbonyl (C=O) groups is 2. The van der Waals surface area contributed by atoms with Gasteiger partial charge in [-0.2, -0.15) is 0 Å². The molecule has 31 heavy (non-hydrogen) atoms. The first-order valence-corrected chi connectivity index (χ1v) is 10.0. The molecule has 3 aromatic carbocycles. The molecule has 0 radical (unpaired) electrons. The average molecular weight is 419 g/mol. The summed E-state index contributed by atoms with van der Waals surface area (Å²) in [4.78, 5) is 27.0. The van der Waals surface area contributed by atoms with Crippen molar-refractivity contribution in [3.63, 3.8) is 0 Å². The lowest BCUT2D eigenvalue weighted by Gasteiger charge is -2.27. The maximum atomic E-state index is 13.1. The van der Waals surface area contributed by atoms with Gasteiger partial charge in [-0.3, -0.25) is 9.59 Å². The smallest absolute Gasteiger partial charge is 0.255 e.